The van der Waals surface area contributed by atoms with Crippen LogP contribution in [0.15, 0.2) is 0 Å². The van der Waals surface area contributed by atoms with E-state index in [1.54, 1.807) is 0 Å². The molecule has 12 heavy (non-hydrogen) atoms. The van der Waals surface area contributed by atoms with Crippen LogP contribution in [0.4, 0.5) is 0 Å². The lowest BCUT2D eigenvalue weighted by atomic mass is 10.3. The topological polar surface area (TPSA) is 26.3 Å². The first-order valence-electron chi connectivity index (χ1n) is 4.23. The van der Waals surface area contributed by atoms with Crippen molar-refractivity contribution in [1.29, 1.82) is 0 Å². The maximum Gasteiger partial charge on any atom is 0.362 e. The van der Waals surface area contributed by atoms with Crippen LogP contribution in [0.2, 0.25) is 0 Å². The zero-order valence-corrected chi connectivity index (χ0v) is 8.52. The molecule has 0 aliphatic carbocycles. The quantitative estimate of drug-likeness (QED) is 0.481. The van der Waals surface area contributed by atoms with Gasteiger partial charge in [-0.2, -0.15) is 0 Å². The smallest absolute Gasteiger partial charge is 0.362 e. The van der Waals surface area contributed by atoms with Gasteiger partial charge in [0.25, 0.3) is 0 Å². The van der Waals surface area contributed by atoms with Crippen LogP contribution in [0.1, 0.15) is 13.8 Å². The van der Waals surface area contributed by atoms with E-state index in [1.807, 2.05) is 0 Å². The van der Waals surface area contributed by atoms with Crippen molar-refractivity contribution in [3.63, 3.8) is 0 Å². The molecule has 0 spiro atoms. The van der Waals surface area contributed by atoms with E-state index in [0.717, 1.165) is 24.1 Å². The summed E-state index contributed by atoms with van der Waals surface area (Å²) in [6.45, 7) is 8.47. The Hall–Kier alpha value is -0.280. The van der Waals surface area contributed by atoms with Gasteiger partial charge in [-0.3, -0.25) is 0 Å². The molecule has 0 saturated carbocycles. The minimum atomic E-state index is -0.0417. The van der Waals surface area contributed by atoms with Crippen LogP contribution in [0, 0.1) is 0 Å². The zero-order valence-electron chi connectivity index (χ0n) is 7.71. The van der Waals surface area contributed by atoms with Gasteiger partial charge in [0.1, 0.15) is 13.2 Å². The van der Waals surface area contributed by atoms with E-state index in [0.29, 0.717) is 13.2 Å². The second kappa shape index (κ2) is 4.67. The standard InChI is InChI=1S/C8H16NO2.ClH/c1-3-9(4-2)5-6-11-8(10)7-9;/h3-7H2,1-2H3;1H/q+1;. The highest BCUT2D eigenvalue weighted by Crippen LogP contribution is 2.10. The minimum Gasteiger partial charge on any atom is -0.456 e. The van der Waals surface area contributed by atoms with Gasteiger partial charge in [0, 0.05) is 0 Å². The normalized spacial score (nSPS) is 21.0. The molecule has 1 heterocycles. The molecule has 3 nitrogen and oxygen atoms in total. The second-order valence-corrected chi connectivity index (χ2v) is 3.08. The van der Waals surface area contributed by atoms with Crippen LogP contribution in [0.25, 0.3) is 0 Å². The fourth-order valence-corrected chi connectivity index (χ4v) is 1.52. The molecule has 0 N–H and O–H groups in total. The molecular weight excluding hydrogens is 178 g/mol. The summed E-state index contributed by atoms with van der Waals surface area (Å²) in [5, 5.41) is 0. The first-order valence-corrected chi connectivity index (χ1v) is 4.23. The van der Waals surface area contributed by atoms with Crippen molar-refractivity contribution in [3.8, 4) is 0 Å². The van der Waals surface area contributed by atoms with Gasteiger partial charge in [-0.15, -0.1) is 12.4 Å². The molecule has 0 aromatic rings. The Balaban J connectivity index is 0.00000121. The van der Waals surface area contributed by atoms with Gasteiger partial charge in [0.05, 0.1) is 13.1 Å². The second-order valence-electron chi connectivity index (χ2n) is 3.08. The van der Waals surface area contributed by atoms with Crippen LogP contribution in [0.3, 0.4) is 0 Å². The average Bonchev–Trinajstić information content (AvgIpc) is 2.04. The fraction of sp³-hybridized carbons (Fsp3) is 0.875. The van der Waals surface area contributed by atoms with Gasteiger partial charge in [-0.25, -0.2) is 4.79 Å². The van der Waals surface area contributed by atoms with E-state index in [4.69, 9.17) is 4.74 Å². The van der Waals surface area contributed by atoms with Crippen LogP contribution >= 0.6 is 12.4 Å². The van der Waals surface area contributed by atoms with Crippen LogP contribution in [-0.4, -0.2) is 43.2 Å². The third kappa shape index (κ3) is 2.35. The first kappa shape index (κ1) is 11.7. The maximum atomic E-state index is 11.0. The van der Waals surface area contributed by atoms with E-state index >= 15 is 0 Å². The molecule has 0 aromatic carbocycles. The number of rotatable bonds is 2. The van der Waals surface area contributed by atoms with Gasteiger partial charge >= 0.3 is 5.97 Å². The molecule has 1 aliphatic heterocycles. The van der Waals surface area contributed by atoms with E-state index in [1.165, 1.54) is 0 Å². The SMILES string of the molecule is CC[N+]1(CC)CCOC(=O)C1.Cl. The van der Waals surface area contributed by atoms with Crippen molar-refractivity contribution in [3.05, 3.63) is 0 Å². The van der Waals surface area contributed by atoms with Crippen molar-refractivity contribution in [2.75, 3.05) is 32.8 Å². The number of morpholine rings is 1. The summed E-state index contributed by atoms with van der Waals surface area (Å²) in [5.74, 6) is -0.0417. The van der Waals surface area contributed by atoms with Crippen LogP contribution in [0.5, 0.6) is 0 Å². The van der Waals surface area contributed by atoms with Crippen molar-refractivity contribution in [1.82, 2.24) is 0 Å². The number of carbonyl (C=O) groups excluding carboxylic acids is 1. The number of hydrogen-bond donors (Lipinski definition) is 0. The maximum absolute atomic E-state index is 11.0. The van der Waals surface area contributed by atoms with Gasteiger partial charge in [-0.1, -0.05) is 0 Å². The lowest BCUT2D eigenvalue weighted by Crippen LogP contribution is -2.56. The molecule has 0 aromatic heterocycles. The summed E-state index contributed by atoms with van der Waals surface area (Å²) in [7, 11) is 0. The van der Waals surface area contributed by atoms with Gasteiger partial charge in [0.15, 0.2) is 6.54 Å². The summed E-state index contributed by atoms with van der Waals surface area (Å²) in [4.78, 5) is 11.0. The number of ether oxygens (including phenoxy) is 1. The third-order valence-electron chi connectivity index (χ3n) is 2.63. The van der Waals surface area contributed by atoms with E-state index in [-0.39, 0.29) is 18.4 Å². The van der Waals surface area contributed by atoms with Gasteiger partial charge in [0.2, 0.25) is 0 Å². The number of likely N-dealkylation sites (N-methyl/N-ethyl adjacent to an activating group) is 1. The Labute approximate surface area is 79.7 Å². The Morgan fingerprint density at radius 2 is 2.00 bits per heavy atom. The van der Waals surface area contributed by atoms with Crippen LogP contribution in [-0.2, 0) is 9.53 Å². The highest BCUT2D eigenvalue weighted by molar-refractivity contribution is 5.85. The highest BCUT2D eigenvalue weighted by atomic mass is 35.5. The number of halogens is 1. The summed E-state index contributed by atoms with van der Waals surface area (Å²) in [6.07, 6.45) is 0. The molecule has 0 atom stereocenters. The largest absolute Gasteiger partial charge is 0.456 e. The van der Waals surface area contributed by atoms with E-state index in [9.17, 15) is 4.79 Å². The molecule has 1 fully saturated rings. The third-order valence-corrected chi connectivity index (χ3v) is 2.63. The number of nitrogens with zero attached hydrogens (tertiary/aromatic N) is 1. The van der Waals surface area contributed by atoms with Crippen molar-refractivity contribution < 1.29 is 14.0 Å². The van der Waals surface area contributed by atoms with Gasteiger partial charge in [-0.05, 0) is 13.8 Å². The molecule has 0 radical (unpaired) electrons. The Morgan fingerprint density at radius 3 is 2.33 bits per heavy atom. The number of quaternary nitrogens is 1. The Morgan fingerprint density at radius 1 is 1.42 bits per heavy atom. The summed E-state index contributed by atoms with van der Waals surface area (Å²) >= 11 is 0. The first-order chi connectivity index (χ1) is 5.22. The van der Waals surface area contributed by atoms with Crippen molar-refractivity contribution in [2.24, 2.45) is 0 Å². The Bertz CT molecular complexity index is 157. The van der Waals surface area contributed by atoms with Crippen molar-refractivity contribution >= 4 is 18.4 Å². The molecule has 0 amide bonds. The molecule has 1 aliphatic rings. The number of carbonyl (C=O) groups is 1. The summed E-state index contributed by atoms with van der Waals surface area (Å²) in [6, 6.07) is 0. The molecule has 0 bridgehead atoms. The summed E-state index contributed by atoms with van der Waals surface area (Å²) < 4.78 is 5.78. The number of cyclic esters (lactones) is 1. The molecule has 1 rings (SSSR count). The predicted molar refractivity (Wildman–Crippen MR) is 49.3 cm³/mol. The van der Waals surface area contributed by atoms with Gasteiger partial charge < -0.3 is 9.22 Å². The predicted octanol–water partition coefficient (Wildman–Crippen LogP) is 0.822. The highest BCUT2D eigenvalue weighted by Gasteiger charge is 2.31. The summed E-state index contributed by atoms with van der Waals surface area (Å²) in [5.41, 5.74) is 0. The van der Waals surface area contributed by atoms with E-state index < -0.39 is 0 Å². The number of hydrogen-bond acceptors (Lipinski definition) is 2. The minimum absolute atomic E-state index is 0. The molecule has 4 heteroatoms. The molecule has 0 unspecified atom stereocenters. The van der Waals surface area contributed by atoms with E-state index in [2.05, 4.69) is 13.8 Å². The molecule has 1 saturated heterocycles. The molecular formula is C8H17ClNO2+. The fourth-order valence-electron chi connectivity index (χ4n) is 1.52. The average molecular weight is 195 g/mol. The Kier molecular flexibility index (Phi) is 4.57. The molecule has 72 valence electrons. The zero-order chi connectivity index (χ0) is 8.32. The number of esters is 1. The van der Waals surface area contributed by atoms with Crippen LogP contribution < -0.4 is 0 Å². The lowest BCUT2D eigenvalue weighted by Gasteiger charge is -2.38. The monoisotopic (exact) mass is 194 g/mol. The van der Waals surface area contributed by atoms with Crippen molar-refractivity contribution in [2.45, 2.75) is 13.8 Å². The lowest BCUT2D eigenvalue weighted by molar-refractivity contribution is -0.922.